The molecule has 0 N–H and O–H groups in total. The molecule has 1 amide bonds. The normalized spacial score (nSPS) is 25.4. The van der Waals surface area contributed by atoms with E-state index in [-0.39, 0.29) is 53.4 Å². The van der Waals surface area contributed by atoms with E-state index in [2.05, 4.69) is 15.8 Å². The third kappa shape index (κ3) is 6.19. The molecule has 4 aliphatic heterocycles. The molecule has 284 valence electrons. The lowest BCUT2D eigenvalue weighted by Gasteiger charge is -2.47. The standard InChI is InChI=1S/C42H46F3N5O4/c1-7-26-10-8-11-27-16-25(22-52-6)17-30(33(26)27)34-32(44)18-31-36(35(34)45)46-38(53-24-42-13-9-15-49(42)20-28(43)19-42)47-37(31)48-21-29-12-14-41(5,23-48)50(29)39(51)54-40(2,3)4/h1,8,10-11,16-18,28-29H,9,12-15,19-24H2,2-6H3/t28-,29-,41+,42+/m1/s1. The van der Waals surface area contributed by atoms with Crippen LogP contribution in [0.1, 0.15) is 70.9 Å². The molecule has 4 saturated heterocycles. The molecule has 3 aromatic carbocycles. The summed E-state index contributed by atoms with van der Waals surface area (Å²) in [5.74, 6) is 1.30. The molecule has 0 unspecified atom stereocenters. The molecule has 9 nitrogen and oxygen atoms in total. The third-order valence-corrected chi connectivity index (χ3v) is 11.7. The number of ether oxygens (including phenoxy) is 3. The summed E-state index contributed by atoms with van der Waals surface area (Å²) in [6, 6.07) is 10.00. The van der Waals surface area contributed by atoms with Crippen LogP contribution < -0.4 is 9.64 Å². The number of methoxy groups -OCH3 is 1. The van der Waals surface area contributed by atoms with Crippen molar-refractivity contribution in [2.75, 3.05) is 44.8 Å². The van der Waals surface area contributed by atoms with Crippen molar-refractivity contribution in [2.24, 2.45) is 0 Å². The summed E-state index contributed by atoms with van der Waals surface area (Å²) in [7, 11) is 1.56. The van der Waals surface area contributed by atoms with Crippen LogP contribution >= 0.6 is 0 Å². The van der Waals surface area contributed by atoms with Crippen molar-refractivity contribution in [2.45, 2.75) is 95.3 Å². The monoisotopic (exact) mass is 741 g/mol. The first kappa shape index (κ1) is 36.4. The highest BCUT2D eigenvalue weighted by Gasteiger charge is 2.53. The smallest absolute Gasteiger partial charge is 0.411 e. The van der Waals surface area contributed by atoms with E-state index in [0.29, 0.717) is 42.8 Å². The van der Waals surface area contributed by atoms with E-state index in [0.717, 1.165) is 43.2 Å². The second kappa shape index (κ2) is 13.3. The predicted octanol–water partition coefficient (Wildman–Crippen LogP) is 7.79. The van der Waals surface area contributed by atoms with Crippen molar-refractivity contribution >= 4 is 33.6 Å². The first-order valence-electron chi connectivity index (χ1n) is 18.7. The van der Waals surface area contributed by atoms with E-state index in [9.17, 15) is 9.18 Å². The molecule has 0 aliphatic carbocycles. The van der Waals surface area contributed by atoms with Gasteiger partial charge in [0.15, 0.2) is 5.82 Å². The van der Waals surface area contributed by atoms with E-state index < -0.39 is 34.5 Å². The average Bonchev–Trinajstić information content (AvgIpc) is 3.71. The summed E-state index contributed by atoms with van der Waals surface area (Å²) >= 11 is 0. The number of alkyl halides is 1. The number of halogens is 3. The van der Waals surface area contributed by atoms with Gasteiger partial charge < -0.3 is 19.1 Å². The molecule has 54 heavy (non-hydrogen) atoms. The van der Waals surface area contributed by atoms with Crippen molar-refractivity contribution in [3.8, 4) is 29.5 Å². The van der Waals surface area contributed by atoms with Gasteiger partial charge >= 0.3 is 12.1 Å². The summed E-state index contributed by atoms with van der Waals surface area (Å²) in [5.41, 5.74) is -0.692. The van der Waals surface area contributed by atoms with Gasteiger partial charge in [-0.05, 0) is 101 Å². The summed E-state index contributed by atoms with van der Waals surface area (Å²) in [6.45, 7) is 9.71. The van der Waals surface area contributed by atoms with Gasteiger partial charge in [0, 0.05) is 49.5 Å². The van der Waals surface area contributed by atoms with Crippen molar-refractivity contribution in [3.63, 3.8) is 0 Å². The molecular formula is C42H46F3N5O4. The van der Waals surface area contributed by atoms with Crippen LogP contribution in [0.25, 0.3) is 32.8 Å². The summed E-state index contributed by atoms with van der Waals surface area (Å²) in [6.07, 6.45) is 8.05. The highest BCUT2D eigenvalue weighted by molar-refractivity contribution is 6.04. The lowest BCUT2D eigenvalue weighted by Crippen LogP contribution is -2.63. The second-order valence-electron chi connectivity index (χ2n) is 16.7. The molecule has 0 spiro atoms. The Morgan fingerprint density at radius 1 is 1.13 bits per heavy atom. The van der Waals surface area contributed by atoms with Crippen LogP contribution in [-0.4, -0.2) is 94.6 Å². The number of anilines is 1. The van der Waals surface area contributed by atoms with Gasteiger partial charge in [-0.3, -0.25) is 9.80 Å². The van der Waals surface area contributed by atoms with Gasteiger partial charge in [0.05, 0.1) is 29.3 Å². The van der Waals surface area contributed by atoms with Crippen LogP contribution in [0, 0.1) is 24.0 Å². The number of amides is 1. The Bertz CT molecular complexity index is 2200. The lowest BCUT2D eigenvalue weighted by atomic mass is 9.91. The fourth-order valence-corrected chi connectivity index (χ4v) is 9.49. The number of carbonyl (C=O) groups excluding carboxylic acids is 1. The molecule has 1 aromatic heterocycles. The van der Waals surface area contributed by atoms with E-state index in [1.54, 1.807) is 19.2 Å². The first-order chi connectivity index (χ1) is 25.7. The molecule has 2 bridgehead atoms. The largest absolute Gasteiger partial charge is 0.461 e. The third-order valence-electron chi connectivity index (χ3n) is 11.7. The molecular weight excluding hydrogens is 695 g/mol. The summed E-state index contributed by atoms with van der Waals surface area (Å²) in [4.78, 5) is 28.9. The maximum Gasteiger partial charge on any atom is 0.411 e. The van der Waals surface area contributed by atoms with Crippen LogP contribution in [0.5, 0.6) is 6.01 Å². The average molecular weight is 742 g/mol. The maximum atomic E-state index is 17.4. The Morgan fingerprint density at radius 3 is 2.69 bits per heavy atom. The van der Waals surface area contributed by atoms with Crippen molar-refractivity contribution in [1.82, 2.24) is 19.8 Å². The van der Waals surface area contributed by atoms with Gasteiger partial charge in [0.1, 0.15) is 35.5 Å². The number of hydrogen-bond donors (Lipinski definition) is 0. The quantitative estimate of drug-likeness (QED) is 0.178. The molecule has 12 heteroatoms. The number of rotatable bonds is 7. The van der Waals surface area contributed by atoms with Gasteiger partial charge in [-0.1, -0.05) is 18.1 Å². The van der Waals surface area contributed by atoms with E-state index in [1.165, 1.54) is 6.07 Å². The fraction of sp³-hybridized carbons (Fsp3) is 0.500. The van der Waals surface area contributed by atoms with E-state index in [1.807, 2.05) is 55.7 Å². The van der Waals surface area contributed by atoms with Gasteiger partial charge in [0.2, 0.25) is 0 Å². The van der Waals surface area contributed by atoms with Crippen LogP contribution in [0.3, 0.4) is 0 Å². The Balaban J connectivity index is 1.27. The molecule has 4 aromatic rings. The Labute approximate surface area is 313 Å². The topological polar surface area (TPSA) is 80.3 Å². The van der Waals surface area contributed by atoms with Gasteiger partial charge in [-0.2, -0.15) is 9.97 Å². The highest BCUT2D eigenvalue weighted by Crippen LogP contribution is 2.45. The lowest BCUT2D eigenvalue weighted by molar-refractivity contribution is -0.00281. The molecule has 4 aliphatic rings. The Hall–Kier alpha value is -4.60. The number of benzene rings is 3. The fourth-order valence-electron chi connectivity index (χ4n) is 9.49. The zero-order chi connectivity index (χ0) is 38.2. The van der Waals surface area contributed by atoms with Crippen LogP contribution in [0.15, 0.2) is 36.4 Å². The number of terminal acetylenes is 1. The van der Waals surface area contributed by atoms with E-state index >= 15 is 8.78 Å². The number of hydrogen-bond acceptors (Lipinski definition) is 8. The SMILES string of the molecule is C#Cc1cccc2cc(COC)cc(-c3c(F)cc4c(N5C[C@H]6CC[C@@](C)(C5)N6C(=O)OC(C)(C)C)nc(OC[C@@]56CCCN5C[C@H](F)C6)nc4c3F)c12. The Kier molecular flexibility index (Phi) is 8.96. The van der Waals surface area contributed by atoms with E-state index in [4.69, 9.17) is 25.6 Å². The number of nitrogens with zero attached hydrogens (tertiary/aromatic N) is 5. The highest BCUT2D eigenvalue weighted by atomic mass is 19.1. The van der Waals surface area contributed by atoms with Crippen LogP contribution in [0.4, 0.5) is 23.8 Å². The number of fused-ring (bicyclic) bond motifs is 5. The molecule has 0 saturated carbocycles. The van der Waals surface area contributed by atoms with Gasteiger partial charge in [0.25, 0.3) is 0 Å². The molecule has 0 radical (unpaired) electrons. The van der Waals surface area contributed by atoms with Crippen molar-refractivity contribution in [3.05, 3.63) is 59.2 Å². The number of aromatic nitrogens is 2. The zero-order valence-electron chi connectivity index (χ0n) is 31.5. The number of piperazine rings is 1. The van der Waals surface area contributed by atoms with Gasteiger partial charge in [-0.25, -0.2) is 18.0 Å². The zero-order valence-corrected chi connectivity index (χ0v) is 31.5. The molecule has 4 fully saturated rings. The minimum atomic E-state index is -0.959. The van der Waals surface area contributed by atoms with Crippen molar-refractivity contribution < 1.29 is 32.2 Å². The minimum Gasteiger partial charge on any atom is -0.461 e. The second-order valence-corrected chi connectivity index (χ2v) is 16.7. The van der Waals surface area contributed by atoms with Crippen LogP contribution in [0.2, 0.25) is 0 Å². The first-order valence-corrected chi connectivity index (χ1v) is 18.7. The molecule has 5 heterocycles. The minimum absolute atomic E-state index is 0.0770. The summed E-state index contributed by atoms with van der Waals surface area (Å²) in [5, 5.41) is 1.43. The predicted molar refractivity (Wildman–Crippen MR) is 201 cm³/mol. The molecule has 4 atom stereocenters. The summed E-state index contributed by atoms with van der Waals surface area (Å²) < 4.78 is 66.4. The number of carbonyl (C=O) groups is 1. The van der Waals surface area contributed by atoms with Crippen LogP contribution in [-0.2, 0) is 16.1 Å². The van der Waals surface area contributed by atoms with Gasteiger partial charge in [-0.15, -0.1) is 6.42 Å². The van der Waals surface area contributed by atoms with Crippen molar-refractivity contribution in [1.29, 1.82) is 0 Å². The molecule has 8 rings (SSSR count). The Morgan fingerprint density at radius 2 is 1.94 bits per heavy atom. The maximum absolute atomic E-state index is 17.4.